The Bertz CT molecular complexity index is 359. The van der Waals surface area contributed by atoms with Crippen LogP contribution >= 0.6 is 23.7 Å². The minimum atomic E-state index is -0.420. The van der Waals surface area contributed by atoms with Gasteiger partial charge in [0.05, 0.1) is 5.41 Å². The van der Waals surface area contributed by atoms with E-state index in [4.69, 9.17) is 0 Å². The van der Waals surface area contributed by atoms with Crippen molar-refractivity contribution >= 4 is 29.7 Å². The van der Waals surface area contributed by atoms with Crippen molar-refractivity contribution in [2.45, 2.75) is 31.7 Å². The number of hydrogen-bond acceptors (Lipinski definition) is 3. The second kappa shape index (κ2) is 5.85. The summed E-state index contributed by atoms with van der Waals surface area (Å²) in [5.41, 5.74) is -0.420. The van der Waals surface area contributed by atoms with Crippen LogP contribution in [0.25, 0.3) is 0 Å². The van der Waals surface area contributed by atoms with Crippen molar-refractivity contribution in [3.63, 3.8) is 0 Å². The smallest absolute Gasteiger partial charge is 0.231 e. The molecule has 1 atom stereocenters. The van der Waals surface area contributed by atoms with Crippen LogP contribution in [-0.2, 0) is 10.2 Å². The molecule has 1 amide bonds. The highest BCUT2D eigenvalue weighted by atomic mass is 35.5. The lowest BCUT2D eigenvalue weighted by Gasteiger charge is -2.24. The van der Waals surface area contributed by atoms with Crippen molar-refractivity contribution in [3.8, 4) is 0 Å². The van der Waals surface area contributed by atoms with Crippen molar-refractivity contribution in [3.05, 3.63) is 22.4 Å². The van der Waals surface area contributed by atoms with E-state index in [9.17, 15) is 4.79 Å². The van der Waals surface area contributed by atoms with E-state index in [1.54, 1.807) is 11.3 Å². The lowest BCUT2D eigenvalue weighted by atomic mass is 9.90. The fourth-order valence-corrected chi connectivity index (χ4v) is 2.74. The molecule has 0 bridgehead atoms. The molecule has 1 aromatic rings. The fraction of sp³-hybridized carbons (Fsp3) is 0.583. The van der Waals surface area contributed by atoms with Gasteiger partial charge in [-0.15, -0.1) is 23.7 Å². The Labute approximate surface area is 112 Å². The third-order valence-electron chi connectivity index (χ3n) is 3.10. The molecule has 0 saturated carbocycles. The SMILES string of the molecule is CC(C)(C(=O)NC1CCNC1)c1cccs1.Cl. The van der Waals surface area contributed by atoms with Gasteiger partial charge < -0.3 is 10.6 Å². The first kappa shape index (κ1) is 14.5. The number of thiophene rings is 1. The first-order chi connectivity index (χ1) is 7.60. The molecule has 2 N–H and O–H groups in total. The Morgan fingerprint density at radius 2 is 2.35 bits per heavy atom. The van der Waals surface area contributed by atoms with Gasteiger partial charge in [0, 0.05) is 17.5 Å². The number of carbonyl (C=O) groups excluding carboxylic acids is 1. The molecule has 5 heteroatoms. The second-order valence-electron chi connectivity index (χ2n) is 4.77. The predicted molar refractivity (Wildman–Crippen MR) is 74.0 cm³/mol. The van der Waals surface area contributed by atoms with Crippen LogP contribution in [0.2, 0.25) is 0 Å². The lowest BCUT2D eigenvalue weighted by molar-refractivity contribution is -0.126. The molecule has 1 saturated heterocycles. The maximum Gasteiger partial charge on any atom is 0.231 e. The number of rotatable bonds is 3. The van der Waals surface area contributed by atoms with Crippen LogP contribution in [0.3, 0.4) is 0 Å². The largest absolute Gasteiger partial charge is 0.351 e. The van der Waals surface area contributed by atoms with Gasteiger partial charge in [-0.1, -0.05) is 6.07 Å². The normalized spacial score (nSPS) is 19.8. The monoisotopic (exact) mass is 274 g/mol. The summed E-state index contributed by atoms with van der Waals surface area (Å²) in [5, 5.41) is 8.38. The standard InChI is InChI=1S/C12H18N2OS.ClH/c1-12(2,10-4-3-7-16-10)11(15)14-9-5-6-13-8-9;/h3-4,7,9,13H,5-6,8H2,1-2H3,(H,14,15);1H. The van der Waals surface area contributed by atoms with Gasteiger partial charge in [-0.05, 0) is 38.3 Å². The summed E-state index contributed by atoms with van der Waals surface area (Å²) >= 11 is 1.64. The minimum Gasteiger partial charge on any atom is -0.351 e. The first-order valence-corrected chi connectivity index (χ1v) is 6.54. The summed E-state index contributed by atoms with van der Waals surface area (Å²) in [7, 11) is 0. The van der Waals surface area contributed by atoms with Gasteiger partial charge in [0.15, 0.2) is 0 Å². The van der Waals surface area contributed by atoms with Gasteiger partial charge in [-0.3, -0.25) is 4.79 Å². The quantitative estimate of drug-likeness (QED) is 0.884. The molecular formula is C12H19ClN2OS. The van der Waals surface area contributed by atoms with E-state index in [1.807, 2.05) is 31.4 Å². The highest BCUT2D eigenvalue weighted by Gasteiger charge is 2.32. The van der Waals surface area contributed by atoms with Gasteiger partial charge in [0.1, 0.15) is 0 Å². The Hall–Kier alpha value is -0.580. The molecule has 2 rings (SSSR count). The van der Waals surface area contributed by atoms with Crippen molar-refractivity contribution in [2.75, 3.05) is 13.1 Å². The van der Waals surface area contributed by atoms with Gasteiger partial charge >= 0.3 is 0 Å². The van der Waals surface area contributed by atoms with Crippen LogP contribution in [0.4, 0.5) is 0 Å². The highest BCUT2D eigenvalue weighted by molar-refractivity contribution is 7.10. The summed E-state index contributed by atoms with van der Waals surface area (Å²) in [6.45, 7) is 5.86. The molecule has 1 unspecified atom stereocenters. The van der Waals surface area contributed by atoms with E-state index in [2.05, 4.69) is 10.6 Å². The van der Waals surface area contributed by atoms with Crippen LogP contribution < -0.4 is 10.6 Å². The predicted octanol–water partition coefficient (Wildman–Crippen LogP) is 1.93. The third kappa shape index (κ3) is 3.21. The number of carbonyl (C=O) groups is 1. The Kier molecular flexibility index (Phi) is 4.98. The first-order valence-electron chi connectivity index (χ1n) is 5.66. The van der Waals surface area contributed by atoms with Crippen molar-refractivity contribution < 1.29 is 4.79 Å². The van der Waals surface area contributed by atoms with Gasteiger partial charge in [-0.25, -0.2) is 0 Å². The zero-order valence-electron chi connectivity index (χ0n) is 10.2. The number of nitrogens with one attached hydrogen (secondary N) is 2. The van der Waals surface area contributed by atoms with E-state index in [0.29, 0.717) is 6.04 Å². The summed E-state index contributed by atoms with van der Waals surface area (Å²) in [6, 6.07) is 4.32. The zero-order valence-corrected chi connectivity index (χ0v) is 11.8. The molecular weight excluding hydrogens is 256 g/mol. The summed E-state index contributed by atoms with van der Waals surface area (Å²) in [4.78, 5) is 13.3. The van der Waals surface area contributed by atoms with Gasteiger partial charge in [0.25, 0.3) is 0 Å². The van der Waals surface area contributed by atoms with E-state index in [1.165, 1.54) is 0 Å². The molecule has 1 fully saturated rings. The van der Waals surface area contributed by atoms with Gasteiger partial charge in [0.2, 0.25) is 5.91 Å². The Balaban J connectivity index is 0.00000144. The van der Waals surface area contributed by atoms with Crippen LogP contribution in [0.15, 0.2) is 17.5 Å². The molecule has 17 heavy (non-hydrogen) atoms. The zero-order chi connectivity index (χ0) is 11.6. The number of hydrogen-bond donors (Lipinski definition) is 2. The lowest BCUT2D eigenvalue weighted by Crippen LogP contribution is -2.45. The second-order valence-corrected chi connectivity index (χ2v) is 5.71. The molecule has 3 nitrogen and oxygen atoms in total. The molecule has 0 spiro atoms. The Morgan fingerprint density at radius 3 is 2.88 bits per heavy atom. The van der Waals surface area contributed by atoms with Crippen molar-refractivity contribution in [2.24, 2.45) is 0 Å². The van der Waals surface area contributed by atoms with Crippen molar-refractivity contribution in [1.29, 1.82) is 0 Å². The molecule has 1 aliphatic rings. The average molecular weight is 275 g/mol. The fourth-order valence-electron chi connectivity index (χ4n) is 1.89. The third-order valence-corrected chi connectivity index (χ3v) is 4.29. The van der Waals surface area contributed by atoms with E-state index >= 15 is 0 Å². The summed E-state index contributed by atoms with van der Waals surface area (Å²) in [5.74, 6) is 0.128. The molecule has 96 valence electrons. The maximum atomic E-state index is 12.2. The maximum absolute atomic E-state index is 12.2. The average Bonchev–Trinajstić information content (AvgIpc) is 2.89. The van der Waals surface area contributed by atoms with Crippen LogP contribution in [0, 0.1) is 0 Å². The van der Waals surface area contributed by atoms with Crippen LogP contribution in [0.1, 0.15) is 25.1 Å². The minimum absolute atomic E-state index is 0. The van der Waals surface area contributed by atoms with Crippen LogP contribution in [0.5, 0.6) is 0 Å². The molecule has 2 heterocycles. The molecule has 0 aromatic carbocycles. The molecule has 1 aromatic heterocycles. The summed E-state index contributed by atoms with van der Waals surface area (Å²) in [6.07, 6.45) is 1.03. The number of halogens is 1. The van der Waals surface area contributed by atoms with E-state index in [0.717, 1.165) is 24.4 Å². The Morgan fingerprint density at radius 1 is 1.59 bits per heavy atom. The van der Waals surface area contributed by atoms with Gasteiger partial charge in [-0.2, -0.15) is 0 Å². The molecule has 0 radical (unpaired) electrons. The molecule has 1 aliphatic heterocycles. The topological polar surface area (TPSA) is 41.1 Å². The van der Waals surface area contributed by atoms with Crippen molar-refractivity contribution in [1.82, 2.24) is 10.6 Å². The van der Waals surface area contributed by atoms with E-state index in [-0.39, 0.29) is 18.3 Å². The van der Waals surface area contributed by atoms with E-state index < -0.39 is 5.41 Å². The molecule has 0 aliphatic carbocycles. The highest BCUT2D eigenvalue weighted by Crippen LogP contribution is 2.27. The number of amides is 1. The summed E-state index contributed by atoms with van der Waals surface area (Å²) < 4.78 is 0. The van der Waals surface area contributed by atoms with Crippen LogP contribution in [-0.4, -0.2) is 25.0 Å².